The summed E-state index contributed by atoms with van der Waals surface area (Å²) >= 11 is 23.9. The molecule has 0 bridgehead atoms. The van der Waals surface area contributed by atoms with Crippen LogP contribution >= 0.6 is 47.0 Å². The van der Waals surface area contributed by atoms with Crippen LogP contribution in [0.15, 0.2) is 48.7 Å². The maximum atomic E-state index is 6.22. The molecule has 4 rings (SSSR count). The average Bonchev–Trinajstić information content (AvgIpc) is 2.71. The lowest BCUT2D eigenvalue weighted by molar-refractivity contribution is 0.468. The maximum absolute atomic E-state index is 6.22. The zero-order valence-electron chi connectivity index (χ0n) is 15.5. The number of anilines is 2. The number of hydrogen-bond acceptors (Lipinski definition) is 3. The van der Waals surface area contributed by atoms with Crippen LogP contribution in [0.3, 0.4) is 0 Å². The number of benzene rings is 2. The van der Waals surface area contributed by atoms with E-state index in [0.29, 0.717) is 26.9 Å². The van der Waals surface area contributed by atoms with Crippen LogP contribution in [0.5, 0.6) is 0 Å². The van der Waals surface area contributed by atoms with E-state index in [4.69, 9.17) is 47.0 Å². The van der Waals surface area contributed by atoms with Crippen LogP contribution in [0, 0.1) is 0 Å². The van der Waals surface area contributed by atoms with Gasteiger partial charge in [0.25, 0.3) is 0 Å². The Kier molecular flexibility index (Phi) is 6.30. The highest BCUT2D eigenvalue weighted by Gasteiger charge is 2.21. The van der Waals surface area contributed by atoms with Crippen molar-refractivity contribution in [3.05, 3.63) is 63.7 Å². The quantitative estimate of drug-likeness (QED) is 0.454. The minimum Gasteiger partial charge on any atom is -0.371 e. The zero-order chi connectivity index (χ0) is 20.4. The number of halogens is 3. The Morgan fingerprint density at radius 3 is 2.66 bits per heavy atom. The van der Waals surface area contributed by atoms with Gasteiger partial charge in [-0.15, -0.1) is 0 Å². The first kappa shape index (κ1) is 20.5. The molecule has 1 aliphatic rings. The van der Waals surface area contributed by atoms with E-state index >= 15 is 0 Å². The standard InChI is InChI=1S/C21H19Cl3N4S/c22-13-4-5-17-15(12-13)19(6-9-25-17)28-10-7-14(8-11-28)26-21(29)27-18-3-1-2-16(23)20(18)24/h1-6,9,12,14H,7-8,10-11H2,(H2,26,27,29). The molecule has 0 saturated carbocycles. The molecular weight excluding hydrogens is 447 g/mol. The van der Waals surface area contributed by atoms with Gasteiger partial charge in [0.15, 0.2) is 5.11 Å². The Balaban J connectivity index is 1.38. The van der Waals surface area contributed by atoms with Gasteiger partial charge in [0.05, 0.1) is 21.2 Å². The van der Waals surface area contributed by atoms with Crippen LogP contribution in [-0.4, -0.2) is 29.2 Å². The first-order valence-electron chi connectivity index (χ1n) is 9.32. The van der Waals surface area contributed by atoms with Crippen LogP contribution in [0.2, 0.25) is 15.1 Å². The fourth-order valence-corrected chi connectivity index (χ4v) is 4.39. The number of nitrogens with one attached hydrogen (secondary N) is 2. The topological polar surface area (TPSA) is 40.2 Å². The van der Waals surface area contributed by atoms with Crippen LogP contribution in [0.4, 0.5) is 11.4 Å². The number of hydrogen-bond donors (Lipinski definition) is 2. The third-order valence-electron chi connectivity index (χ3n) is 5.05. The van der Waals surface area contributed by atoms with Crippen molar-refractivity contribution in [2.24, 2.45) is 0 Å². The van der Waals surface area contributed by atoms with Crippen molar-refractivity contribution in [1.29, 1.82) is 0 Å². The van der Waals surface area contributed by atoms with Gasteiger partial charge in [-0.3, -0.25) is 4.98 Å². The summed E-state index contributed by atoms with van der Waals surface area (Å²) in [5.41, 5.74) is 2.83. The van der Waals surface area contributed by atoms with Gasteiger partial charge in [-0.25, -0.2) is 0 Å². The Hall–Kier alpha value is -1.79. The van der Waals surface area contributed by atoms with Gasteiger partial charge < -0.3 is 15.5 Å². The van der Waals surface area contributed by atoms with E-state index in [1.807, 2.05) is 36.5 Å². The minimum atomic E-state index is 0.292. The van der Waals surface area contributed by atoms with Gasteiger partial charge in [-0.05, 0) is 61.5 Å². The molecule has 0 unspecified atom stereocenters. The van der Waals surface area contributed by atoms with Crippen molar-refractivity contribution in [2.75, 3.05) is 23.3 Å². The lowest BCUT2D eigenvalue weighted by atomic mass is 10.0. The van der Waals surface area contributed by atoms with Gasteiger partial charge in [0.2, 0.25) is 0 Å². The molecule has 1 fully saturated rings. The third kappa shape index (κ3) is 4.69. The van der Waals surface area contributed by atoms with Gasteiger partial charge in [0, 0.05) is 41.4 Å². The van der Waals surface area contributed by atoms with Crippen LogP contribution in [-0.2, 0) is 0 Å². The highest BCUT2D eigenvalue weighted by molar-refractivity contribution is 7.80. The molecule has 0 aliphatic carbocycles. The fraction of sp³-hybridized carbons (Fsp3) is 0.238. The highest BCUT2D eigenvalue weighted by atomic mass is 35.5. The molecule has 3 aromatic rings. The molecular formula is C21H19Cl3N4S. The zero-order valence-corrected chi connectivity index (χ0v) is 18.5. The summed E-state index contributed by atoms with van der Waals surface area (Å²) < 4.78 is 0. The Bertz CT molecular complexity index is 1050. The van der Waals surface area contributed by atoms with E-state index in [-0.39, 0.29) is 0 Å². The number of pyridine rings is 1. The summed E-state index contributed by atoms with van der Waals surface area (Å²) in [4.78, 5) is 6.82. The molecule has 8 heteroatoms. The second-order valence-corrected chi connectivity index (χ2v) is 8.58. The molecule has 2 N–H and O–H groups in total. The number of aromatic nitrogens is 1. The van der Waals surface area contributed by atoms with Gasteiger partial charge in [-0.2, -0.15) is 0 Å². The van der Waals surface area contributed by atoms with Crippen LogP contribution < -0.4 is 15.5 Å². The van der Waals surface area contributed by atoms with E-state index in [0.717, 1.165) is 41.9 Å². The molecule has 0 atom stereocenters. The summed E-state index contributed by atoms with van der Waals surface area (Å²) in [7, 11) is 0. The molecule has 0 spiro atoms. The normalized spacial score (nSPS) is 14.8. The van der Waals surface area contributed by atoms with Crippen LogP contribution in [0.1, 0.15) is 12.8 Å². The monoisotopic (exact) mass is 464 g/mol. The van der Waals surface area contributed by atoms with Crippen molar-refractivity contribution in [1.82, 2.24) is 10.3 Å². The molecule has 1 aliphatic heterocycles. The summed E-state index contributed by atoms with van der Waals surface area (Å²) in [6.45, 7) is 1.84. The molecule has 150 valence electrons. The summed E-state index contributed by atoms with van der Waals surface area (Å²) in [6, 6.07) is 13.6. The number of nitrogens with zero attached hydrogens (tertiary/aromatic N) is 2. The van der Waals surface area contributed by atoms with Gasteiger partial charge in [0.1, 0.15) is 0 Å². The SMILES string of the molecule is S=C(Nc1cccc(Cl)c1Cl)NC1CCN(c2ccnc3ccc(Cl)cc23)CC1. The number of piperidine rings is 1. The average molecular weight is 466 g/mol. The lowest BCUT2D eigenvalue weighted by Gasteiger charge is -2.35. The predicted molar refractivity (Wildman–Crippen MR) is 128 cm³/mol. The second-order valence-electron chi connectivity index (χ2n) is 6.95. The van der Waals surface area contributed by atoms with E-state index < -0.39 is 0 Å². The largest absolute Gasteiger partial charge is 0.371 e. The molecule has 2 aromatic carbocycles. The van der Waals surface area contributed by atoms with E-state index in [2.05, 4.69) is 26.6 Å². The predicted octanol–water partition coefficient (Wildman–Crippen LogP) is 6.15. The van der Waals surface area contributed by atoms with E-state index in [1.165, 1.54) is 5.69 Å². The molecule has 1 aromatic heterocycles. The van der Waals surface area contributed by atoms with Gasteiger partial charge in [-0.1, -0.05) is 40.9 Å². The molecule has 4 nitrogen and oxygen atoms in total. The molecule has 1 saturated heterocycles. The van der Waals surface area contributed by atoms with Crippen LogP contribution in [0.25, 0.3) is 10.9 Å². The maximum Gasteiger partial charge on any atom is 0.171 e. The number of rotatable bonds is 3. The molecule has 2 heterocycles. The lowest BCUT2D eigenvalue weighted by Crippen LogP contribution is -2.46. The smallest absolute Gasteiger partial charge is 0.171 e. The van der Waals surface area contributed by atoms with Crippen molar-refractivity contribution in [2.45, 2.75) is 18.9 Å². The fourth-order valence-electron chi connectivity index (χ4n) is 3.59. The van der Waals surface area contributed by atoms with Crippen molar-refractivity contribution < 1.29 is 0 Å². The first-order chi connectivity index (χ1) is 14.0. The Morgan fingerprint density at radius 2 is 1.86 bits per heavy atom. The third-order valence-corrected chi connectivity index (χ3v) is 6.33. The Morgan fingerprint density at radius 1 is 1.07 bits per heavy atom. The van der Waals surface area contributed by atoms with E-state index in [1.54, 1.807) is 6.07 Å². The first-order valence-corrected chi connectivity index (χ1v) is 10.9. The van der Waals surface area contributed by atoms with Crippen molar-refractivity contribution in [3.63, 3.8) is 0 Å². The molecule has 0 amide bonds. The number of thiocarbonyl (C=S) groups is 1. The summed E-state index contributed by atoms with van der Waals surface area (Å²) in [5.74, 6) is 0. The van der Waals surface area contributed by atoms with Crippen molar-refractivity contribution in [3.8, 4) is 0 Å². The second kappa shape index (κ2) is 8.92. The van der Waals surface area contributed by atoms with Crippen molar-refractivity contribution >= 4 is 74.4 Å². The van der Waals surface area contributed by atoms with E-state index in [9.17, 15) is 0 Å². The van der Waals surface area contributed by atoms with Gasteiger partial charge >= 0.3 is 0 Å². The molecule has 29 heavy (non-hydrogen) atoms. The molecule has 0 radical (unpaired) electrons. The highest BCUT2D eigenvalue weighted by Crippen LogP contribution is 2.31. The Labute approximate surface area is 190 Å². The minimum absolute atomic E-state index is 0.292. The number of fused-ring (bicyclic) bond motifs is 1. The summed E-state index contributed by atoms with van der Waals surface area (Å²) in [6.07, 6.45) is 3.79. The summed E-state index contributed by atoms with van der Waals surface area (Å²) in [5, 5.41) is 9.85.